The maximum atomic E-state index is 4.87. The lowest BCUT2D eigenvalue weighted by molar-refractivity contribution is 0.587. The van der Waals surface area contributed by atoms with Gasteiger partial charge in [0.05, 0.1) is 23.6 Å². The van der Waals surface area contributed by atoms with Gasteiger partial charge in [0.15, 0.2) is 0 Å². The number of hydrogen-bond acceptors (Lipinski definition) is 5. The number of hydrogen-bond donors (Lipinski definition) is 0. The molecule has 0 amide bonds. The molecule has 6 heteroatoms. The van der Waals surface area contributed by atoms with Crippen LogP contribution < -0.4 is 4.90 Å². The van der Waals surface area contributed by atoms with Crippen molar-refractivity contribution in [1.82, 2.24) is 24.7 Å². The molecule has 1 unspecified atom stereocenters. The summed E-state index contributed by atoms with van der Waals surface area (Å²) >= 11 is 0. The van der Waals surface area contributed by atoms with E-state index in [0.29, 0.717) is 0 Å². The van der Waals surface area contributed by atoms with Gasteiger partial charge in [-0.15, -0.1) is 0 Å². The largest absolute Gasteiger partial charge is 0.332 e. The van der Waals surface area contributed by atoms with E-state index in [1.54, 1.807) is 0 Å². The molecular weight excluding hydrogens is 324 g/mol. The second-order valence-electron chi connectivity index (χ2n) is 6.71. The van der Waals surface area contributed by atoms with Gasteiger partial charge in [0, 0.05) is 36.7 Å². The highest BCUT2D eigenvalue weighted by molar-refractivity contribution is 5.62. The van der Waals surface area contributed by atoms with E-state index in [0.717, 1.165) is 60.9 Å². The standard InChI is InChI=1S/C20H24N6/c1-3-12-26-15(2)16(14-23-26)17-9-11-22-20(24-17)25-13-6-8-19(25)18-7-4-5-10-21-18/h4-5,7,9-11,14,19H,3,6,8,12-13H2,1-2H3. The minimum absolute atomic E-state index is 0.246. The molecule has 4 heterocycles. The van der Waals surface area contributed by atoms with Crippen LogP contribution in [0.5, 0.6) is 0 Å². The third-order valence-corrected chi connectivity index (χ3v) is 5.00. The third-order valence-electron chi connectivity index (χ3n) is 5.00. The Morgan fingerprint density at radius 3 is 2.88 bits per heavy atom. The topological polar surface area (TPSA) is 59.7 Å². The second-order valence-corrected chi connectivity index (χ2v) is 6.71. The lowest BCUT2D eigenvalue weighted by Gasteiger charge is -2.24. The molecule has 0 saturated carbocycles. The Balaban J connectivity index is 1.65. The monoisotopic (exact) mass is 348 g/mol. The van der Waals surface area contributed by atoms with Gasteiger partial charge in [-0.05, 0) is 44.4 Å². The van der Waals surface area contributed by atoms with Crippen LogP contribution in [0.4, 0.5) is 5.95 Å². The predicted molar refractivity (Wildman–Crippen MR) is 102 cm³/mol. The average Bonchev–Trinajstić information content (AvgIpc) is 3.31. The molecule has 0 N–H and O–H groups in total. The van der Waals surface area contributed by atoms with Crippen molar-refractivity contribution in [3.05, 3.63) is 54.2 Å². The first-order valence-corrected chi connectivity index (χ1v) is 9.31. The minimum Gasteiger partial charge on any atom is -0.332 e. The first-order valence-electron chi connectivity index (χ1n) is 9.31. The summed E-state index contributed by atoms with van der Waals surface area (Å²) in [5.41, 5.74) is 4.25. The Morgan fingerprint density at radius 1 is 1.15 bits per heavy atom. The molecule has 0 aromatic carbocycles. The lowest BCUT2D eigenvalue weighted by atomic mass is 10.1. The van der Waals surface area contributed by atoms with Gasteiger partial charge in [-0.1, -0.05) is 13.0 Å². The minimum atomic E-state index is 0.246. The van der Waals surface area contributed by atoms with E-state index in [2.05, 4.69) is 39.9 Å². The van der Waals surface area contributed by atoms with E-state index in [1.165, 1.54) is 0 Å². The van der Waals surface area contributed by atoms with E-state index >= 15 is 0 Å². The summed E-state index contributed by atoms with van der Waals surface area (Å²) in [5.74, 6) is 0.776. The van der Waals surface area contributed by atoms with Crippen LogP contribution in [0.2, 0.25) is 0 Å². The molecule has 0 spiro atoms. The quantitative estimate of drug-likeness (QED) is 0.702. The predicted octanol–water partition coefficient (Wildman–Crippen LogP) is 3.80. The number of aromatic nitrogens is 5. The first kappa shape index (κ1) is 16.7. The van der Waals surface area contributed by atoms with Crippen LogP contribution in [-0.4, -0.2) is 31.3 Å². The molecule has 1 fully saturated rings. The fraction of sp³-hybridized carbons (Fsp3) is 0.400. The van der Waals surface area contributed by atoms with Gasteiger partial charge >= 0.3 is 0 Å². The van der Waals surface area contributed by atoms with Crippen molar-refractivity contribution in [1.29, 1.82) is 0 Å². The SMILES string of the molecule is CCCn1ncc(-c2ccnc(N3CCCC3c3ccccn3)n2)c1C. The summed E-state index contributed by atoms with van der Waals surface area (Å²) in [6.45, 7) is 6.15. The summed E-state index contributed by atoms with van der Waals surface area (Å²) in [6, 6.07) is 8.30. The maximum absolute atomic E-state index is 4.87. The zero-order valence-electron chi connectivity index (χ0n) is 15.3. The molecule has 26 heavy (non-hydrogen) atoms. The number of pyridine rings is 1. The van der Waals surface area contributed by atoms with Crippen LogP contribution in [-0.2, 0) is 6.54 Å². The molecule has 1 aliphatic rings. The van der Waals surface area contributed by atoms with Crippen molar-refractivity contribution in [2.24, 2.45) is 0 Å². The van der Waals surface area contributed by atoms with Gasteiger partial charge in [0.1, 0.15) is 0 Å². The summed E-state index contributed by atoms with van der Waals surface area (Å²) < 4.78 is 2.05. The average molecular weight is 348 g/mol. The van der Waals surface area contributed by atoms with Gasteiger partial charge < -0.3 is 4.90 Å². The molecule has 3 aromatic heterocycles. The van der Waals surface area contributed by atoms with Gasteiger partial charge in [-0.3, -0.25) is 9.67 Å². The molecular formula is C20H24N6. The maximum Gasteiger partial charge on any atom is 0.226 e. The Labute approximate surface area is 153 Å². The Bertz CT molecular complexity index is 873. The highest BCUT2D eigenvalue weighted by Gasteiger charge is 2.29. The van der Waals surface area contributed by atoms with Crippen molar-refractivity contribution in [2.45, 2.75) is 45.7 Å². The molecule has 0 radical (unpaired) electrons. The number of anilines is 1. The first-order chi connectivity index (χ1) is 12.8. The molecule has 4 rings (SSSR count). The van der Waals surface area contributed by atoms with Crippen LogP contribution in [0.1, 0.15) is 43.6 Å². The van der Waals surface area contributed by atoms with Gasteiger partial charge in [-0.25, -0.2) is 9.97 Å². The van der Waals surface area contributed by atoms with Gasteiger partial charge in [-0.2, -0.15) is 5.10 Å². The zero-order valence-corrected chi connectivity index (χ0v) is 15.3. The van der Waals surface area contributed by atoms with Crippen molar-refractivity contribution < 1.29 is 0 Å². The highest BCUT2D eigenvalue weighted by atomic mass is 15.3. The summed E-state index contributed by atoms with van der Waals surface area (Å²) in [6.07, 6.45) is 8.89. The number of rotatable bonds is 5. The van der Waals surface area contributed by atoms with Crippen LogP contribution in [0.15, 0.2) is 42.9 Å². The highest BCUT2D eigenvalue weighted by Crippen LogP contribution is 2.34. The Hall–Kier alpha value is -2.76. The van der Waals surface area contributed by atoms with E-state index in [9.17, 15) is 0 Å². The third kappa shape index (κ3) is 3.07. The number of aryl methyl sites for hydroxylation is 1. The van der Waals surface area contributed by atoms with E-state index < -0.39 is 0 Å². The molecule has 1 saturated heterocycles. The van der Waals surface area contributed by atoms with Crippen molar-refractivity contribution in [2.75, 3.05) is 11.4 Å². The summed E-state index contributed by atoms with van der Waals surface area (Å²) in [7, 11) is 0. The Kier molecular flexibility index (Phi) is 4.65. The molecule has 0 bridgehead atoms. The molecule has 6 nitrogen and oxygen atoms in total. The van der Waals surface area contributed by atoms with E-state index in [-0.39, 0.29) is 6.04 Å². The van der Waals surface area contributed by atoms with Gasteiger partial charge in [0.25, 0.3) is 0 Å². The van der Waals surface area contributed by atoms with Crippen molar-refractivity contribution >= 4 is 5.95 Å². The van der Waals surface area contributed by atoms with Crippen LogP contribution in [0.3, 0.4) is 0 Å². The van der Waals surface area contributed by atoms with Crippen molar-refractivity contribution in [3.63, 3.8) is 0 Å². The molecule has 0 aliphatic carbocycles. The fourth-order valence-corrected chi connectivity index (χ4v) is 3.66. The second kappa shape index (κ2) is 7.23. The van der Waals surface area contributed by atoms with E-state index in [1.807, 2.05) is 41.5 Å². The number of nitrogens with zero attached hydrogens (tertiary/aromatic N) is 6. The molecule has 1 atom stereocenters. The van der Waals surface area contributed by atoms with Gasteiger partial charge in [0.2, 0.25) is 5.95 Å². The summed E-state index contributed by atoms with van der Waals surface area (Å²) in [5, 5.41) is 4.50. The molecule has 134 valence electrons. The van der Waals surface area contributed by atoms with E-state index in [4.69, 9.17) is 4.98 Å². The fourth-order valence-electron chi connectivity index (χ4n) is 3.66. The van der Waals surface area contributed by atoms with Crippen LogP contribution in [0, 0.1) is 6.92 Å². The van der Waals surface area contributed by atoms with Crippen LogP contribution in [0.25, 0.3) is 11.3 Å². The Morgan fingerprint density at radius 2 is 2.08 bits per heavy atom. The zero-order chi connectivity index (χ0) is 17.9. The lowest BCUT2D eigenvalue weighted by Crippen LogP contribution is -2.25. The van der Waals surface area contributed by atoms with Crippen LogP contribution >= 0.6 is 0 Å². The molecule has 1 aliphatic heterocycles. The summed E-state index contributed by atoms with van der Waals surface area (Å²) in [4.78, 5) is 16.2. The molecule has 3 aromatic rings. The smallest absolute Gasteiger partial charge is 0.226 e. The normalized spacial score (nSPS) is 17.0. The van der Waals surface area contributed by atoms with Crippen molar-refractivity contribution in [3.8, 4) is 11.3 Å².